The molecule has 2 aromatic rings. The molecule has 0 atom stereocenters. The molecule has 102 valence electrons. The summed E-state index contributed by atoms with van der Waals surface area (Å²) in [5, 5.41) is 0. The van der Waals surface area contributed by atoms with Gasteiger partial charge in [0.15, 0.2) is 0 Å². The van der Waals surface area contributed by atoms with Gasteiger partial charge in [-0.25, -0.2) is 0 Å². The summed E-state index contributed by atoms with van der Waals surface area (Å²) >= 11 is 0. The van der Waals surface area contributed by atoms with Gasteiger partial charge in [0.2, 0.25) is 0 Å². The lowest BCUT2D eigenvalue weighted by atomic mass is 10.1. The van der Waals surface area contributed by atoms with Crippen LogP contribution in [0.1, 0.15) is 18.9 Å². The van der Waals surface area contributed by atoms with E-state index in [1.807, 2.05) is 42.5 Å². The van der Waals surface area contributed by atoms with E-state index < -0.39 is 0 Å². The summed E-state index contributed by atoms with van der Waals surface area (Å²) in [7, 11) is 3.35. The van der Waals surface area contributed by atoms with Crippen LogP contribution in [0.3, 0.4) is 0 Å². The third-order valence-corrected chi connectivity index (χ3v) is 2.68. The molecule has 0 aliphatic heterocycles. The number of methoxy groups -OCH3 is 2. The van der Waals surface area contributed by atoms with E-state index >= 15 is 0 Å². The second kappa shape index (κ2) is 9.03. The van der Waals surface area contributed by atoms with Gasteiger partial charge in [0.25, 0.3) is 0 Å². The molecule has 0 N–H and O–H groups in total. The molecule has 0 saturated carbocycles. The zero-order valence-electron chi connectivity index (χ0n) is 11.9. The number of aryl methyl sites for hydroxylation is 1. The van der Waals surface area contributed by atoms with Crippen molar-refractivity contribution >= 4 is 0 Å². The zero-order chi connectivity index (χ0) is 13.9. The summed E-state index contributed by atoms with van der Waals surface area (Å²) in [6, 6.07) is 17.9. The number of benzene rings is 2. The van der Waals surface area contributed by atoms with Crippen LogP contribution >= 0.6 is 0 Å². The Labute approximate surface area is 116 Å². The van der Waals surface area contributed by atoms with Crippen molar-refractivity contribution in [2.45, 2.75) is 19.8 Å². The number of rotatable bonds is 4. The molecule has 2 rings (SSSR count). The van der Waals surface area contributed by atoms with Gasteiger partial charge in [-0.15, -0.1) is 0 Å². The molecule has 0 aliphatic carbocycles. The lowest BCUT2D eigenvalue weighted by Gasteiger charge is -2.00. The molecule has 0 amide bonds. The minimum atomic E-state index is 0.910. The Morgan fingerprint density at radius 2 is 1.26 bits per heavy atom. The summed E-state index contributed by atoms with van der Waals surface area (Å²) in [4.78, 5) is 0. The van der Waals surface area contributed by atoms with Crippen LogP contribution in [-0.4, -0.2) is 14.2 Å². The molecule has 2 heteroatoms. The van der Waals surface area contributed by atoms with Crippen molar-refractivity contribution in [3.63, 3.8) is 0 Å². The van der Waals surface area contributed by atoms with Crippen molar-refractivity contribution in [1.82, 2.24) is 0 Å². The van der Waals surface area contributed by atoms with Gasteiger partial charge in [-0.2, -0.15) is 0 Å². The number of ether oxygens (including phenoxy) is 2. The van der Waals surface area contributed by atoms with Crippen LogP contribution in [0.5, 0.6) is 11.5 Å². The largest absolute Gasteiger partial charge is 0.497 e. The van der Waals surface area contributed by atoms with E-state index in [0.29, 0.717) is 0 Å². The Morgan fingerprint density at radius 3 is 1.68 bits per heavy atom. The molecule has 0 aromatic heterocycles. The lowest BCUT2D eigenvalue weighted by Crippen LogP contribution is -1.84. The second-order valence-electron chi connectivity index (χ2n) is 4.12. The predicted molar refractivity (Wildman–Crippen MR) is 80.0 cm³/mol. The molecular formula is C17H22O2. The van der Waals surface area contributed by atoms with Gasteiger partial charge in [0.05, 0.1) is 14.2 Å². The van der Waals surface area contributed by atoms with E-state index in [0.717, 1.165) is 17.9 Å². The number of para-hydroxylation sites is 1. The van der Waals surface area contributed by atoms with Crippen molar-refractivity contribution in [1.29, 1.82) is 0 Å². The first-order chi connectivity index (χ1) is 9.30. The van der Waals surface area contributed by atoms with Crippen LogP contribution in [0.2, 0.25) is 0 Å². The highest BCUT2D eigenvalue weighted by atomic mass is 16.5. The topological polar surface area (TPSA) is 18.5 Å². The monoisotopic (exact) mass is 258 g/mol. The van der Waals surface area contributed by atoms with Crippen LogP contribution in [0.4, 0.5) is 0 Å². The molecular weight excluding hydrogens is 236 g/mol. The molecule has 0 aliphatic rings. The summed E-state index contributed by atoms with van der Waals surface area (Å²) in [5.41, 5.74) is 1.38. The molecule has 0 bridgehead atoms. The number of hydrogen-bond acceptors (Lipinski definition) is 2. The van der Waals surface area contributed by atoms with E-state index in [9.17, 15) is 0 Å². The molecule has 19 heavy (non-hydrogen) atoms. The molecule has 0 fully saturated rings. The molecule has 2 nitrogen and oxygen atoms in total. The van der Waals surface area contributed by atoms with Gasteiger partial charge < -0.3 is 9.47 Å². The second-order valence-corrected chi connectivity index (χ2v) is 4.12. The van der Waals surface area contributed by atoms with Gasteiger partial charge in [0.1, 0.15) is 11.5 Å². The van der Waals surface area contributed by atoms with Gasteiger partial charge in [-0.1, -0.05) is 43.7 Å². The van der Waals surface area contributed by atoms with Gasteiger partial charge >= 0.3 is 0 Å². The maximum absolute atomic E-state index is 5.05. The molecule has 0 radical (unpaired) electrons. The van der Waals surface area contributed by atoms with Crippen LogP contribution in [0, 0.1) is 0 Å². The lowest BCUT2D eigenvalue weighted by molar-refractivity contribution is 0.414. The summed E-state index contributed by atoms with van der Waals surface area (Å²) in [6.45, 7) is 2.18. The minimum Gasteiger partial charge on any atom is -0.497 e. The predicted octanol–water partition coefficient (Wildman–Crippen LogP) is 4.34. The van der Waals surface area contributed by atoms with Crippen molar-refractivity contribution in [2.75, 3.05) is 14.2 Å². The van der Waals surface area contributed by atoms with Crippen molar-refractivity contribution in [3.05, 3.63) is 60.2 Å². The highest BCUT2D eigenvalue weighted by molar-refractivity contribution is 5.27. The van der Waals surface area contributed by atoms with E-state index in [2.05, 4.69) is 19.1 Å². The van der Waals surface area contributed by atoms with Crippen LogP contribution in [-0.2, 0) is 6.42 Å². The van der Waals surface area contributed by atoms with Crippen LogP contribution < -0.4 is 9.47 Å². The Kier molecular flexibility index (Phi) is 7.18. The smallest absolute Gasteiger partial charge is 0.118 e. The zero-order valence-corrected chi connectivity index (χ0v) is 11.9. The van der Waals surface area contributed by atoms with Crippen LogP contribution in [0.25, 0.3) is 0 Å². The van der Waals surface area contributed by atoms with Crippen molar-refractivity contribution < 1.29 is 9.47 Å². The Balaban J connectivity index is 0.000000200. The maximum Gasteiger partial charge on any atom is 0.118 e. The fourth-order valence-corrected chi connectivity index (χ4v) is 1.64. The standard InChI is InChI=1S/C10H14O.C7H8O/c1-3-4-9-5-7-10(11-2)8-6-9;1-8-7-5-3-2-4-6-7/h5-8H,3-4H2,1-2H3;2-6H,1H3. The van der Waals surface area contributed by atoms with E-state index in [-0.39, 0.29) is 0 Å². The van der Waals surface area contributed by atoms with E-state index in [1.54, 1.807) is 14.2 Å². The first kappa shape index (κ1) is 15.1. The van der Waals surface area contributed by atoms with E-state index in [4.69, 9.17) is 9.47 Å². The first-order valence-corrected chi connectivity index (χ1v) is 6.52. The molecule has 2 aromatic carbocycles. The van der Waals surface area contributed by atoms with Crippen LogP contribution in [0.15, 0.2) is 54.6 Å². The Morgan fingerprint density at radius 1 is 0.737 bits per heavy atom. The Hall–Kier alpha value is -1.96. The van der Waals surface area contributed by atoms with Crippen molar-refractivity contribution in [2.24, 2.45) is 0 Å². The summed E-state index contributed by atoms with van der Waals surface area (Å²) < 4.78 is 9.96. The quantitative estimate of drug-likeness (QED) is 0.812. The average Bonchev–Trinajstić information content (AvgIpc) is 2.50. The third-order valence-electron chi connectivity index (χ3n) is 2.68. The molecule has 0 saturated heterocycles. The minimum absolute atomic E-state index is 0.910. The van der Waals surface area contributed by atoms with Gasteiger partial charge in [-0.05, 0) is 36.2 Å². The summed E-state index contributed by atoms with van der Waals surface area (Å²) in [5.74, 6) is 1.84. The maximum atomic E-state index is 5.05. The normalized spacial score (nSPS) is 9.21. The molecule has 0 unspecified atom stereocenters. The SMILES string of the molecule is CCCc1ccc(OC)cc1.COc1ccccc1. The fourth-order valence-electron chi connectivity index (χ4n) is 1.64. The highest BCUT2D eigenvalue weighted by Crippen LogP contribution is 2.12. The fraction of sp³-hybridized carbons (Fsp3) is 0.294. The number of hydrogen-bond donors (Lipinski definition) is 0. The molecule has 0 heterocycles. The third kappa shape index (κ3) is 5.96. The van der Waals surface area contributed by atoms with Gasteiger partial charge in [0, 0.05) is 0 Å². The average molecular weight is 258 g/mol. The Bertz CT molecular complexity index is 435. The molecule has 0 spiro atoms. The van der Waals surface area contributed by atoms with E-state index in [1.165, 1.54) is 12.0 Å². The van der Waals surface area contributed by atoms with Crippen molar-refractivity contribution in [3.8, 4) is 11.5 Å². The highest BCUT2D eigenvalue weighted by Gasteiger charge is 1.91. The summed E-state index contributed by atoms with van der Waals surface area (Å²) in [6.07, 6.45) is 2.36. The van der Waals surface area contributed by atoms with Gasteiger partial charge in [-0.3, -0.25) is 0 Å². The first-order valence-electron chi connectivity index (χ1n) is 6.52.